The molecule has 1 N–H and O–H groups in total. The van der Waals surface area contributed by atoms with Gasteiger partial charge < -0.3 is 14.4 Å². The molecular weight excluding hydrogens is 441 g/mol. The van der Waals surface area contributed by atoms with Crippen molar-refractivity contribution in [3.05, 3.63) is 72.1 Å². The van der Waals surface area contributed by atoms with Gasteiger partial charge in [0.05, 0.1) is 24.1 Å². The number of ether oxygens (including phenoxy) is 1. The summed E-state index contributed by atoms with van der Waals surface area (Å²) in [4.78, 5) is 15.8. The number of esters is 1. The predicted octanol–water partition coefficient (Wildman–Crippen LogP) is 4.20. The van der Waals surface area contributed by atoms with E-state index in [1.54, 1.807) is 25.1 Å². The number of aliphatic hydroxyl groups is 1. The van der Waals surface area contributed by atoms with Crippen molar-refractivity contribution >= 4 is 5.97 Å². The summed E-state index contributed by atoms with van der Waals surface area (Å²) < 4.78 is 52.3. The predicted molar refractivity (Wildman–Crippen MR) is 109 cm³/mol. The Balaban J connectivity index is 1.66. The monoisotopic (exact) mass is 458 g/mol. The minimum absolute atomic E-state index is 0.0303. The van der Waals surface area contributed by atoms with Gasteiger partial charge >= 0.3 is 12.1 Å². The van der Waals surface area contributed by atoms with E-state index in [4.69, 9.17) is 9.26 Å². The first-order chi connectivity index (χ1) is 15.8. The van der Waals surface area contributed by atoms with Crippen LogP contribution in [0.5, 0.6) is 0 Å². The number of aliphatic hydroxyl groups excluding tert-OH is 1. The SMILES string of the molecule is CCOC(=O)[C@H](O)c1ccc(-c2noc(-c3cnn(-c4ccccc4)c3C(F)(F)F)n2)cc1. The van der Waals surface area contributed by atoms with Crippen LogP contribution in [0.25, 0.3) is 28.5 Å². The first kappa shape index (κ1) is 22.2. The Hall–Kier alpha value is -3.99. The lowest BCUT2D eigenvalue weighted by Gasteiger charge is -2.11. The van der Waals surface area contributed by atoms with E-state index in [0.29, 0.717) is 5.56 Å². The van der Waals surface area contributed by atoms with Gasteiger partial charge in [-0.1, -0.05) is 47.6 Å². The lowest BCUT2D eigenvalue weighted by molar-refractivity contribution is -0.153. The molecule has 0 saturated heterocycles. The highest BCUT2D eigenvalue weighted by molar-refractivity contribution is 5.76. The van der Waals surface area contributed by atoms with Gasteiger partial charge in [-0.3, -0.25) is 0 Å². The molecule has 0 aliphatic heterocycles. The maximum atomic E-state index is 13.9. The molecule has 2 aromatic heterocycles. The molecule has 33 heavy (non-hydrogen) atoms. The van der Waals surface area contributed by atoms with Crippen LogP contribution < -0.4 is 0 Å². The third kappa shape index (κ3) is 4.48. The summed E-state index contributed by atoms with van der Waals surface area (Å²) in [7, 11) is 0. The van der Waals surface area contributed by atoms with Crippen molar-refractivity contribution < 1.29 is 32.3 Å². The fourth-order valence-corrected chi connectivity index (χ4v) is 3.16. The molecule has 0 saturated carbocycles. The average molecular weight is 458 g/mol. The molecule has 1 atom stereocenters. The van der Waals surface area contributed by atoms with Crippen LogP contribution in [0.2, 0.25) is 0 Å². The van der Waals surface area contributed by atoms with Gasteiger partial charge in [-0.05, 0) is 24.6 Å². The van der Waals surface area contributed by atoms with Crippen molar-refractivity contribution in [3.63, 3.8) is 0 Å². The Morgan fingerprint density at radius 2 is 1.85 bits per heavy atom. The molecule has 11 heteroatoms. The number of carbonyl (C=O) groups is 1. The molecule has 0 aliphatic carbocycles. The normalized spacial score (nSPS) is 12.5. The molecule has 0 aliphatic rings. The number of alkyl halides is 3. The third-order valence-corrected chi connectivity index (χ3v) is 4.69. The van der Waals surface area contributed by atoms with Gasteiger partial charge in [-0.2, -0.15) is 23.3 Å². The molecule has 4 aromatic rings. The zero-order valence-corrected chi connectivity index (χ0v) is 17.2. The van der Waals surface area contributed by atoms with Crippen LogP contribution in [-0.4, -0.2) is 37.6 Å². The lowest BCUT2D eigenvalue weighted by Crippen LogP contribution is -2.15. The van der Waals surface area contributed by atoms with Crippen LogP contribution in [0.3, 0.4) is 0 Å². The van der Waals surface area contributed by atoms with E-state index < -0.39 is 23.9 Å². The van der Waals surface area contributed by atoms with E-state index in [0.717, 1.165) is 10.9 Å². The van der Waals surface area contributed by atoms with Crippen LogP contribution in [0.15, 0.2) is 65.3 Å². The zero-order chi connectivity index (χ0) is 23.6. The molecule has 0 radical (unpaired) electrons. The fraction of sp³-hybridized carbons (Fsp3) is 0.182. The summed E-state index contributed by atoms with van der Waals surface area (Å²) in [6.45, 7) is 1.75. The van der Waals surface area contributed by atoms with Crippen molar-refractivity contribution in [2.24, 2.45) is 0 Å². The summed E-state index contributed by atoms with van der Waals surface area (Å²) >= 11 is 0. The van der Waals surface area contributed by atoms with Gasteiger partial charge in [0, 0.05) is 5.56 Å². The van der Waals surface area contributed by atoms with E-state index in [9.17, 15) is 23.1 Å². The van der Waals surface area contributed by atoms with E-state index in [1.165, 1.54) is 36.4 Å². The number of nitrogens with zero attached hydrogens (tertiary/aromatic N) is 4. The Labute approximate surface area is 185 Å². The second-order valence-electron chi connectivity index (χ2n) is 6.85. The fourth-order valence-electron chi connectivity index (χ4n) is 3.16. The summed E-state index contributed by atoms with van der Waals surface area (Å²) in [5.41, 5.74) is -0.485. The topological polar surface area (TPSA) is 103 Å². The third-order valence-electron chi connectivity index (χ3n) is 4.69. The van der Waals surface area contributed by atoms with E-state index in [1.807, 2.05) is 0 Å². The summed E-state index contributed by atoms with van der Waals surface area (Å²) in [6.07, 6.45) is -5.18. The summed E-state index contributed by atoms with van der Waals surface area (Å²) in [5, 5.41) is 17.6. The van der Waals surface area contributed by atoms with Crippen molar-refractivity contribution in [1.29, 1.82) is 0 Å². The number of aromatic nitrogens is 4. The van der Waals surface area contributed by atoms with Crippen molar-refractivity contribution in [1.82, 2.24) is 19.9 Å². The maximum absolute atomic E-state index is 13.9. The highest BCUT2D eigenvalue weighted by atomic mass is 19.4. The Bertz CT molecular complexity index is 1250. The minimum atomic E-state index is -4.73. The van der Waals surface area contributed by atoms with Crippen LogP contribution in [0.1, 0.15) is 24.3 Å². The molecule has 0 amide bonds. The molecule has 8 nitrogen and oxygen atoms in total. The first-order valence-electron chi connectivity index (χ1n) is 9.79. The number of halogens is 3. The Morgan fingerprint density at radius 3 is 2.48 bits per heavy atom. The largest absolute Gasteiger partial charge is 0.464 e. The first-order valence-corrected chi connectivity index (χ1v) is 9.79. The van der Waals surface area contributed by atoms with Crippen LogP contribution in [0.4, 0.5) is 13.2 Å². The second kappa shape index (κ2) is 8.87. The van der Waals surface area contributed by atoms with E-state index in [2.05, 4.69) is 15.2 Å². The summed E-state index contributed by atoms with van der Waals surface area (Å²) in [5.74, 6) is -1.11. The molecule has 0 fully saturated rings. The number of hydrogen-bond acceptors (Lipinski definition) is 7. The summed E-state index contributed by atoms with van der Waals surface area (Å²) in [6, 6.07) is 13.8. The van der Waals surface area contributed by atoms with Gasteiger partial charge in [0.15, 0.2) is 11.8 Å². The molecule has 4 rings (SSSR count). The van der Waals surface area contributed by atoms with Gasteiger partial charge in [0.2, 0.25) is 5.82 Å². The van der Waals surface area contributed by atoms with Crippen LogP contribution >= 0.6 is 0 Å². The molecule has 0 unspecified atom stereocenters. The Kier molecular flexibility index (Phi) is 5.97. The van der Waals surface area contributed by atoms with Crippen LogP contribution in [0, 0.1) is 0 Å². The second-order valence-corrected chi connectivity index (χ2v) is 6.85. The molecule has 2 heterocycles. The Morgan fingerprint density at radius 1 is 1.15 bits per heavy atom. The van der Waals surface area contributed by atoms with Gasteiger partial charge in [0.1, 0.15) is 0 Å². The smallest absolute Gasteiger partial charge is 0.434 e. The van der Waals surface area contributed by atoms with Crippen molar-refractivity contribution in [3.8, 4) is 28.5 Å². The molecular formula is C22H17F3N4O4. The van der Waals surface area contributed by atoms with Gasteiger partial charge in [-0.25, -0.2) is 9.48 Å². The lowest BCUT2D eigenvalue weighted by atomic mass is 10.1. The average Bonchev–Trinajstić information content (AvgIpc) is 3.47. The van der Waals surface area contributed by atoms with E-state index >= 15 is 0 Å². The quantitative estimate of drug-likeness (QED) is 0.432. The highest BCUT2D eigenvalue weighted by Gasteiger charge is 2.40. The number of carbonyl (C=O) groups excluding carboxylic acids is 1. The number of para-hydroxylation sites is 1. The molecule has 2 aromatic carbocycles. The van der Waals surface area contributed by atoms with Gasteiger partial charge in [0.25, 0.3) is 5.89 Å². The van der Waals surface area contributed by atoms with Gasteiger partial charge in [-0.15, -0.1) is 0 Å². The zero-order valence-electron chi connectivity index (χ0n) is 17.2. The number of rotatable bonds is 6. The molecule has 0 spiro atoms. The van der Waals surface area contributed by atoms with Crippen molar-refractivity contribution in [2.45, 2.75) is 19.2 Å². The molecule has 170 valence electrons. The standard InChI is InChI=1S/C22H17F3N4O4/c1-2-32-21(31)17(30)13-8-10-14(11-9-13)19-27-20(33-28-19)16-12-26-29(18(16)22(23,24)25)15-6-4-3-5-7-15/h3-12,17,30H,2H2,1H3/t17-/m1/s1. The number of benzene rings is 2. The molecule has 0 bridgehead atoms. The van der Waals surface area contributed by atoms with E-state index in [-0.39, 0.29) is 35.1 Å². The number of hydrogen-bond donors (Lipinski definition) is 1. The van der Waals surface area contributed by atoms with Crippen molar-refractivity contribution in [2.75, 3.05) is 6.61 Å². The maximum Gasteiger partial charge on any atom is 0.434 e. The minimum Gasteiger partial charge on any atom is -0.464 e. The highest BCUT2D eigenvalue weighted by Crippen LogP contribution is 2.38. The van der Waals surface area contributed by atoms with Crippen LogP contribution in [-0.2, 0) is 15.7 Å².